The van der Waals surface area contributed by atoms with Crippen molar-refractivity contribution >= 4 is 38.6 Å². The maximum absolute atomic E-state index is 14.1. The molecule has 11 nitrogen and oxygen atoms in total. The van der Waals surface area contributed by atoms with Gasteiger partial charge in [0.1, 0.15) is 29.2 Å². The number of carbonyl (C=O) groups excluding carboxylic acids is 3. The Kier molecular flexibility index (Phi) is 8.75. The predicted octanol–water partition coefficient (Wildman–Crippen LogP) is 4.75. The lowest BCUT2D eigenvalue weighted by Gasteiger charge is -2.29. The Morgan fingerprint density at radius 3 is 2.43 bits per heavy atom. The average molecular weight is 689 g/mol. The van der Waals surface area contributed by atoms with Crippen LogP contribution in [0.5, 0.6) is 11.5 Å². The van der Waals surface area contributed by atoms with Crippen LogP contribution in [-0.2, 0) is 24.4 Å². The molecule has 4 unspecified atom stereocenters. The van der Waals surface area contributed by atoms with Crippen LogP contribution in [0, 0.1) is 11.3 Å². The van der Waals surface area contributed by atoms with Gasteiger partial charge in [-0.15, -0.1) is 6.58 Å². The molecule has 2 aromatic carbocycles. The summed E-state index contributed by atoms with van der Waals surface area (Å²) >= 11 is 0. The van der Waals surface area contributed by atoms with Gasteiger partial charge in [-0.1, -0.05) is 57.2 Å². The van der Waals surface area contributed by atoms with Gasteiger partial charge in [0.2, 0.25) is 21.8 Å². The van der Waals surface area contributed by atoms with Gasteiger partial charge < -0.3 is 19.7 Å². The topological polar surface area (TPSA) is 144 Å². The highest BCUT2D eigenvalue weighted by molar-refractivity contribution is 7.91. The number of methoxy groups -OCH3 is 1. The largest absolute Gasteiger partial charge is 0.497 e. The molecule has 6 rings (SSSR count). The number of aromatic nitrogens is 1. The summed E-state index contributed by atoms with van der Waals surface area (Å²) in [4.78, 5) is 47.7. The monoisotopic (exact) mass is 688 g/mol. The Labute approximate surface area is 287 Å². The van der Waals surface area contributed by atoms with Gasteiger partial charge >= 0.3 is 0 Å². The summed E-state index contributed by atoms with van der Waals surface area (Å²) in [6.45, 7) is 11.4. The van der Waals surface area contributed by atoms with Crippen molar-refractivity contribution in [2.75, 3.05) is 13.7 Å². The zero-order valence-corrected chi connectivity index (χ0v) is 29.4. The molecule has 4 atom stereocenters. The van der Waals surface area contributed by atoms with E-state index in [-0.39, 0.29) is 37.1 Å². The Hall–Kier alpha value is -4.45. The van der Waals surface area contributed by atoms with Crippen molar-refractivity contribution in [3.8, 4) is 22.8 Å². The van der Waals surface area contributed by atoms with Crippen molar-refractivity contribution in [1.29, 1.82) is 0 Å². The molecule has 3 aliphatic rings. The molecule has 260 valence electrons. The van der Waals surface area contributed by atoms with Gasteiger partial charge in [-0.25, -0.2) is 13.4 Å². The first-order chi connectivity index (χ1) is 23.1. The van der Waals surface area contributed by atoms with Crippen molar-refractivity contribution < 1.29 is 32.3 Å². The molecule has 3 fully saturated rings. The first kappa shape index (κ1) is 34.4. The number of sulfonamides is 1. The van der Waals surface area contributed by atoms with Gasteiger partial charge in [0.15, 0.2) is 0 Å². The highest BCUT2D eigenvalue weighted by Gasteiger charge is 2.63. The minimum atomic E-state index is -3.93. The summed E-state index contributed by atoms with van der Waals surface area (Å²) in [5, 5.41) is 3.59. The minimum absolute atomic E-state index is 0.143. The summed E-state index contributed by atoms with van der Waals surface area (Å²) < 4.78 is 39.1. The summed E-state index contributed by atoms with van der Waals surface area (Å²) in [6, 6.07) is 16.1. The zero-order chi connectivity index (χ0) is 35.4. The molecular weight excluding hydrogens is 644 g/mol. The van der Waals surface area contributed by atoms with E-state index in [0.29, 0.717) is 35.6 Å². The number of ether oxygens (including phenoxy) is 2. The number of carbonyl (C=O) groups is 3. The van der Waals surface area contributed by atoms with Crippen LogP contribution in [0.4, 0.5) is 0 Å². The van der Waals surface area contributed by atoms with Crippen molar-refractivity contribution in [1.82, 2.24) is 19.9 Å². The second kappa shape index (κ2) is 12.5. The van der Waals surface area contributed by atoms with E-state index in [2.05, 4.69) is 16.6 Å². The van der Waals surface area contributed by atoms with E-state index in [9.17, 15) is 22.8 Å². The first-order valence-electron chi connectivity index (χ1n) is 16.6. The number of rotatable bonds is 11. The quantitative estimate of drug-likeness (QED) is 0.275. The lowest BCUT2D eigenvalue weighted by Crippen LogP contribution is -2.57. The minimum Gasteiger partial charge on any atom is -0.497 e. The molecular formula is C37H44N4O7S. The van der Waals surface area contributed by atoms with E-state index >= 15 is 0 Å². The van der Waals surface area contributed by atoms with E-state index in [1.807, 2.05) is 75.4 Å². The normalized spacial score (nSPS) is 24.2. The van der Waals surface area contributed by atoms with Crippen LogP contribution in [0.3, 0.4) is 0 Å². The zero-order valence-electron chi connectivity index (χ0n) is 28.6. The number of likely N-dealkylation sites (tertiary alicyclic amines) is 1. The maximum Gasteiger partial charge on any atom is 0.259 e. The van der Waals surface area contributed by atoms with Crippen molar-refractivity contribution in [3.63, 3.8) is 0 Å². The number of amides is 3. The van der Waals surface area contributed by atoms with E-state index in [1.54, 1.807) is 20.1 Å². The smallest absolute Gasteiger partial charge is 0.259 e. The molecule has 0 spiro atoms. The predicted molar refractivity (Wildman–Crippen MR) is 186 cm³/mol. The van der Waals surface area contributed by atoms with Gasteiger partial charge in [0.05, 0.1) is 29.6 Å². The fraction of sp³-hybridized carbons (Fsp3) is 0.459. The van der Waals surface area contributed by atoms with Crippen LogP contribution in [-0.4, -0.2) is 72.1 Å². The third-order valence-electron chi connectivity index (χ3n) is 9.79. The number of benzene rings is 2. The molecule has 0 radical (unpaired) electrons. The molecule has 1 aromatic heterocycles. The maximum atomic E-state index is 14.1. The Morgan fingerprint density at radius 1 is 1.10 bits per heavy atom. The summed E-state index contributed by atoms with van der Waals surface area (Å²) in [7, 11) is -2.34. The second-order valence-electron chi connectivity index (χ2n) is 14.9. The van der Waals surface area contributed by atoms with Crippen molar-refractivity contribution in [2.24, 2.45) is 11.3 Å². The van der Waals surface area contributed by atoms with Crippen molar-refractivity contribution in [2.45, 2.75) is 82.2 Å². The van der Waals surface area contributed by atoms with Crippen LogP contribution in [0.1, 0.15) is 59.8 Å². The SMILES string of the molecule is C=CC1CC1(NC(=O)C1CC(Oc2cc(-c3ccccc3)nc3cc(OC)ccc23)CN1C(=O)CC(C)(C)C)C(=O)NS(=O)(=O)C1(C)CC1. The molecule has 49 heavy (non-hydrogen) atoms. The van der Waals surface area contributed by atoms with Crippen LogP contribution < -0.4 is 19.5 Å². The van der Waals surface area contributed by atoms with Crippen molar-refractivity contribution in [3.05, 3.63) is 67.3 Å². The van der Waals surface area contributed by atoms with Gasteiger partial charge in [-0.3, -0.25) is 19.1 Å². The van der Waals surface area contributed by atoms with Crippen LogP contribution in [0.2, 0.25) is 0 Å². The standard InChI is InChI=1S/C37H44N4O7S/c1-7-24-20-37(24,34(44)40-49(45,46)36(5)15-16-36)39-33(43)30-18-26(22-41(30)32(42)21-35(2,3)4)48-31-19-28(23-11-9-8-10-12-23)38-29-17-25(47-6)13-14-27(29)31/h7-14,17,19,24,26,30H,1,15-16,18,20-22H2,2-6H3,(H,39,43)(H,40,44). The Balaban J connectivity index is 1.29. The Morgan fingerprint density at radius 2 is 1.82 bits per heavy atom. The van der Waals surface area contributed by atoms with Gasteiger partial charge in [0.25, 0.3) is 5.91 Å². The molecule has 1 aliphatic heterocycles. The number of hydrogen-bond donors (Lipinski definition) is 2. The van der Waals surface area contributed by atoms with Crippen LogP contribution in [0.15, 0.2) is 67.3 Å². The molecule has 3 aromatic rings. The molecule has 2 aliphatic carbocycles. The number of hydrogen-bond acceptors (Lipinski definition) is 8. The average Bonchev–Trinajstić information content (AvgIpc) is 3.94. The van der Waals surface area contributed by atoms with Gasteiger partial charge in [-0.2, -0.15) is 0 Å². The van der Waals surface area contributed by atoms with E-state index < -0.39 is 50.2 Å². The van der Waals surface area contributed by atoms with Gasteiger partial charge in [-0.05, 0) is 43.7 Å². The molecule has 0 bridgehead atoms. The van der Waals surface area contributed by atoms with E-state index in [0.717, 1.165) is 10.9 Å². The number of nitrogens with one attached hydrogen (secondary N) is 2. The molecule has 2 heterocycles. The molecule has 12 heteroatoms. The number of fused-ring (bicyclic) bond motifs is 1. The molecule has 2 N–H and O–H groups in total. The number of pyridine rings is 1. The van der Waals surface area contributed by atoms with E-state index in [1.165, 1.54) is 4.90 Å². The summed E-state index contributed by atoms with van der Waals surface area (Å²) in [6.07, 6.45) is 2.46. The summed E-state index contributed by atoms with van der Waals surface area (Å²) in [5.74, 6) is -0.817. The molecule has 3 amide bonds. The molecule has 2 saturated carbocycles. The Bertz CT molecular complexity index is 1920. The van der Waals surface area contributed by atoms with E-state index in [4.69, 9.17) is 14.5 Å². The first-order valence-corrected chi connectivity index (χ1v) is 18.1. The fourth-order valence-corrected chi connectivity index (χ4v) is 7.73. The second-order valence-corrected chi connectivity index (χ2v) is 17.1. The lowest BCUT2D eigenvalue weighted by atomic mass is 9.91. The molecule has 1 saturated heterocycles. The highest BCUT2D eigenvalue weighted by atomic mass is 32.2. The van der Waals surface area contributed by atoms with Crippen LogP contribution in [0.25, 0.3) is 22.2 Å². The van der Waals surface area contributed by atoms with Gasteiger partial charge in [0, 0.05) is 41.8 Å². The fourth-order valence-electron chi connectivity index (χ4n) is 6.42. The number of nitrogens with zero attached hydrogens (tertiary/aromatic N) is 2. The highest BCUT2D eigenvalue weighted by Crippen LogP contribution is 2.47. The summed E-state index contributed by atoms with van der Waals surface area (Å²) in [5.41, 5.74) is 0.429. The third kappa shape index (κ3) is 6.88. The lowest BCUT2D eigenvalue weighted by molar-refractivity contribution is -0.141. The van der Waals surface area contributed by atoms with Crippen LogP contribution >= 0.6 is 0 Å². The third-order valence-corrected chi connectivity index (χ3v) is 12.0.